The number of para-hydroxylation sites is 1. The molecule has 122 valence electrons. The van der Waals surface area contributed by atoms with Crippen LogP contribution in [0.5, 0.6) is 0 Å². The van der Waals surface area contributed by atoms with Crippen molar-refractivity contribution in [2.75, 3.05) is 31.5 Å². The fraction of sp³-hybridized carbons (Fsp3) is 0.632. The zero-order valence-electron chi connectivity index (χ0n) is 14.5. The fourth-order valence-corrected chi connectivity index (χ4v) is 3.62. The van der Waals surface area contributed by atoms with Crippen molar-refractivity contribution in [2.45, 2.75) is 52.9 Å². The van der Waals surface area contributed by atoms with Gasteiger partial charge in [0.05, 0.1) is 19.6 Å². The third-order valence-electron chi connectivity index (χ3n) is 5.16. The van der Waals surface area contributed by atoms with Gasteiger partial charge in [0.2, 0.25) is 0 Å². The standard InChI is InChI=1S/C19H30N2O/c1-4-21(13-8-6-5-7-9-14-21)15-18(22)20-19-16(2)11-10-12-17(19)3/h10-12H,4-9,13-15H2,1-3H3/p+1. The minimum atomic E-state index is 0.167. The Kier molecular flexibility index (Phi) is 6.01. The van der Waals surface area contributed by atoms with Crippen molar-refractivity contribution in [1.82, 2.24) is 0 Å². The predicted octanol–water partition coefficient (Wildman–Crippen LogP) is 4.04. The Hall–Kier alpha value is -1.35. The molecule has 0 spiro atoms. The molecule has 0 atom stereocenters. The number of nitrogens with zero attached hydrogens (tertiary/aromatic N) is 1. The Morgan fingerprint density at radius 3 is 2.14 bits per heavy atom. The molecule has 0 bridgehead atoms. The van der Waals surface area contributed by atoms with Gasteiger partial charge in [0, 0.05) is 5.69 Å². The number of rotatable bonds is 4. The normalized spacial score (nSPS) is 18.3. The highest BCUT2D eigenvalue weighted by Gasteiger charge is 2.29. The zero-order chi connectivity index (χ0) is 16.0. The van der Waals surface area contributed by atoms with E-state index in [4.69, 9.17) is 0 Å². The zero-order valence-corrected chi connectivity index (χ0v) is 14.5. The molecule has 1 aliphatic heterocycles. The second kappa shape index (κ2) is 7.77. The second-order valence-corrected chi connectivity index (χ2v) is 6.85. The van der Waals surface area contributed by atoms with E-state index in [-0.39, 0.29) is 5.91 Å². The molecule has 2 rings (SSSR count). The lowest BCUT2D eigenvalue weighted by molar-refractivity contribution is -0.919. The summed E-state index contributed by atoms with van der Waals surface area (Å²) in [4.78, 5) is 12.6. The Labute approximate surface area is 135 Å². The van der Waals surface area contributed by atoms with Gasteiger partial charge in [-0.15, -0.1) is 0 Å². The molecule has 3 nitrogen and oxygen atoms in total. The molecule has 1 aliphatic rings. The number of carbonyl (C=O) groups is 1. The summed E-state index contributed by atoms with van der Waals surface area (Å²) in [6, 6.07) is 6.16. The van der Waals surface area contributed by atoms with Crippen LogP contribution in [0.15, 0.2) is 18.2 Å². The SMILES string of the molecule is CC[N+]1(CC(=O)Nc2c(C)cccc2C)CCCCCCC1. The molecule has 22 heavy (non-hydrogen) atoms. The van der Waals surface area contributed by atoms with Gasteiger partial charge < -0.3 is 9.80 Å². The first-order valence-electron chi connectivity index (χ1n) is 8.77. The first-order chi connectivity index (χ1) is 10.6. The molecule has 1 saturated heterocycles. The van der Waals surface area contributed by atoms with Crippen LogP contribution < -0.4 is 5.32 Å². The number of benzene rings is 1. The van der Waals surface area contributed by atoms with Crippen LogP contribution >= 0.6 is 0 Å². The molecular weight excluding hydrogens is 272 g/mol. The molecule has 0 aromatic heterocycles. The van der Waals surface area contributed by atoms with Crippen LogP contribution in [0.1, 0.15) is 50.2 Å². The summed E-state index contributed by atoms with van der Waals surface area (Å²) in [6.45, 7) is 10.3. The maximum atomic E-state index is 12.6. The van der Waals surface area contributed by atoms with E-state index in [1.165, 1.54) is 32.1 Å². The Morgan fingerprint density at radius 1 is 1.05 bits per heavy atom. The summed E-state index contributed by atoms with van der Waals surface area (Å²) < 4.78 is 0.955. The lowest BCUT2D eigenvalue weighted by atomic mass is 10.1. The van der Waals surface area contributed by atoms with Crippen LogP contribution in [-0.4, -0.2) is 36.6 Å². The lowest BCUT2D eigenvalue weighted by Gasteiger charge is -2.38. The van der Waals surface area contributed by atoms with Gasteiger partial charge in [-0.05, 0) is 57.6 Å². The third-order valence-corrected chi connectivity index (χ3v) is 5.16. The molecule has 0 saturated carbocycles. The molecular formula is C19H31N2O+. The Balaban J connectivity index is 2.05. The molecule has 0 aliphatic carbocycles. The van der Waals surface area contributed by atoms with Crippen molar-refractivity contribution in [2.24, 2.45) is 0 Å². The molecule has 0 radical (unpaired) electrons. The van der Waals surface area contributed by atoms with Crippen LogP contribution in [0, 0.1) is 13.8 Å². The van der Waals surface area contributed by atoms with Crippen molar-refractivity contribution >= 4 is 11.6 Å². The summed E-state index contributed by atoms with van der Waals surface area (Å²) >= 11 is 0. The molecule has 1 fully saturated rings. The molecule has 0 unspecified atom stereocenters. The van der Waals surface area contributed by atoms with Crippen LogP contribution in [0.25, 0.3) is 0 Å². The van der Waals surface area contributed by atoms with E-state index < -0.39 is 0 Å². The van der Waals surface area contributed by atoms with E-state index >= 15 is 0 Å². The molecule has 1 N–H and O–H groups in total. The number of amides is 1. The van der Waals surface area contributed by atoms with Crippen molar-refractivity contribution in [3.8, 4) is 0 Å². The van der Waals surface area contributed by atoms with Crippen molar-refractivity contribution in [1.29, 1.82) is 0 Å². The number of aryl methyl sites for hydroxylation is 2. The highest BCUT2D eigenvalue weighted by molar-refractivity contribution is 5.93. The van der Waals surface area contributed by atoms with Gasteiger partial charge in [-0.2, -0.15) is 0 Å². The maximum Gasteiger partial charge on any atom is 0.279 e. The quantitative estimate of drug-likeness (QED) is 0.836. The average Bonchev–Trinajstić information content (AvgIpc) is 2.46. The molecule has 1 aromatic carbocycles. The molecule has 1 heterocycles. The van der Waals surface area contributed by atoms with Crippen LogP contribution in [0.3, 0.4) is 0 Å². The summed E-state index contributed by atoms with van der Waals surface area (Å²) in [7, 11) is 0. The van der Waals surface area contributed by atoms with E-state index in [2.05, 4.69) is 38.2 Å². The summed E-state index contributed by atoms with van der Waals surface area (Å²) in [5.41, 5.74) is 3.28. The minimum absolute atomic E-state index is 0.167. The topological polar surface area (TPSA) is 29.1 Å². The number of quaternary nitrogens is 1. The first-order valence-corrected chi connectivity index (χ1v) is 8.77. The number of carbonyl (C=O) groups excluding carboxylic acids is 1. The van der Waals surface area contributed by atoms with Gasteiger partial charge in [0.25, 0.3) is 5.91 Å². The summed E-state index contributed by atoms with van der Waals surface area (Å²) in [5, 5.41) is 3.17. The number of likely N-dealkylation sites (N-methyl/N-ethyl adjacent to an activating group) is 1. The Morgan fingerprint density at radius 2 is 1.59 bits per heavy atom. The first kappa shape index (κ1) is 17.0. The maximum absolute atomic E-state index is 12.6. The van der Waals surface area contributed by atoms with Crippen LogP contribution in [0.4, 0.5) is 5.69 Å². The van der Waals surface area contributed by atoms with Crippen molar-refractivity contribution < 1.29 is 9.28 Å². The lowest BCUT2D eigenvalue weighted by Crippen LogP contribution is -2.53. The highest BCUT2D eigenvalue weighted by Crippen LogP contribution is 2.21. The van der Waals surface area contributed by atoms with Crippen LogP contribution in [0.2, 0.25) is 0 Å². The predicted molar refractivity (Wildman–Crippen MR) is 93.0 cm³/mol. The number of nitrogens with one attached hydrogen (secondary N) is 1. The van der Waals surface area contributed by atoms with Gasteiger partial charge in [0.1, 0.15) is 0 Å². The minimum Gasteiger partial charge on any atom is -0.321 e. The number of anilines is 1. The average molecular weight is 303 g/mol. The third kappa shape index (κ3) is 4.33. The van der Waals surface area contributed by atoms with Crippen LogP contribution in [-0.2, 0) is 4.79 Å². The fourth-order valence-electron chi connectivity index (χ4n) is 3.62. The Bertz CT molecular complexity index is 482. The largest absolute Gasteiger partial charge is 0.321 e. The summed E-state index contributed by atoms with van der Waals surface area (Å²) in [5.74, 6) is 0.167. The smallest absolute Gasteiger partial charge is 0.279 e. The highest BCUT2D eigenvalue weighted by atomic mass is 16.2. The molecule has 3 heteroatoms. The van der Waals surface area contributed by atoms with Gasteiger partial charge in [0.15, 0.2) is 6.54 Å². The van der Waals surface area contributed by atoms with Gasteiger partial charge in [-0.3, -0.25) is 4.79 Å². The summed E-state index contributed by atoms with van der Waals surface area (Å²) in [6.07, 6.45) is 6.50. The monoisotopic (exact) mass is 303 g/mol. The molecule has 1 amide bonds. The van der Waals surface area contributed by atoms with Gasteiger partial charge >= 0.3 is 0 Å². The van der Waals surface area contributed by atoms with E-state index in [0.29, 0.717) is 6.54 Å². The van der Waals surface area contributed by atoms with E-state index in [1.54, 1.807) is 0 Å². The number of likely N-dealkylation sites (tertiary alicyclic amines) is 1. The van der Waals surface area contributed by atoms with Gasteiger partial charge in [-0.25, -0.2) is 0 Å². The van der Waals surface area contributed by atoms with Crippen molar-refractivity contribution in [3.63, 3.8) is 0 Å². The number of hydrogen-bond donors (Lipinski definition) is 1. The van der Waals surface area contributed by atoms with E-state index in [0.717, 1.165) is 40.9 Å². The van der Waals surface area contributed by atoms with Gasteiger partial charge in [-0.1, -0.05) is 24.6 Å². The molecule has 1 aromatic rings. The van der Waals surface area contributed by atoms with E-state index in [1.807, 2.05) is 6.07 Å². The van der Waals surface area contributed by atoms with Crippen molar-refractivity contribution in [3.05, 3.63) is 29.3 Å². The van der Waals surface area contributed by atoms with E-state index in [9.17, 15) is 4.79 Å². The second-order valence-electron chi connectivity index (χ2n) is 6.85. The number of hydrogen-bond acceptors (Lipinski definition) is 1.